The van der Waals surface area contributed by atoms with E-state index in [2.05, 4.69) is 38.0 Å². The van der Waals surface area contributed by atoms with Crippen molar-refractivity contribution in [2.24, 2.45) is 0 Å². The molecule has 0 saturated heterocycles. The lowest BCUT2D eigenvalue weighted by atomic mass is 9.93. The Kier molecular flexibility index (Phi) is 3.47. The van der Waals surface area contributed by atoms with Gasteiger partial charge in [0, 0.05) is 0 Å². The summed E-state index contributed by atoms with van der Waals surface area (Å²) >= 11 is 0. The molecule has 2 nitrogen and oxygen atoms in total. The molecule has 0 saturated carbocycles. The van der Waals surface area contributed by atoms with Gasteiger partial charge in [-0.2, -0.15) is 0 Å². The number of fused-ring (bicyclic) bond motifs is 1. The standard InChI is InChI=1S/C20H20O2/c1-5-20(21)9-8-16-12-15(6-7-18(16)20)17-10-13(2)19(22-4)14(3)11-17/h1,6-7,10-12,21H,8-9H2,2-4H3. The Morgan fingerprint density at radius 3 is 2.41 bits per heavy atom. The first kappa shape index (κ1) is 14.7. The maximum absolute atomic E-state index is 10.4. The monoisotopic (exact) mass is 292 g/mol. The molecular formula is C20H20O2. The summed E-state index contributed by atoms with van der Waals surface area (Å²) < 4.78 is 5.43. The molecule has 1 aliphatic rings. The lowest BCUT2D eigenvalue weighted by molar-refractivity contribution is 0.103. The minimum Gasteiger partial charge on any atom is -0.496 e. The normalized spacial score (nSPS) is 19.6. The van der Waals surface area contributed by atoms with Gasteiger partial charge >= 0.3 is 0 Å². The molecule has 1 atom stereocenters. The van der Waals surface area contributed by atoms with Crippen molar-refractivity contribution in [3.8, 4) is 29.2 Å². The van der Waals surface area contributed by atoms with Crippen LogP contribution in [0.25, 0.3) is 11.1 Å². The lowest BCUT2D eigenvalue weighted by Gasteiger charge is -2.17. The molecule has 22 heavy (non-hydrogen) atoms. The topological polar surface area (TPSA) is 29.5 Å². The molecule has 2 heteroatoms. The number of methoxy groups -OCH3 is 1. The van der Waals surface area contributed by atoms with Gasteiger partial charge in [0.1, 0.15) is 5.75 Å². The molecule has 0 amide bonds. The van der Waals surface area contributed by atoms with Gasteiger partial charge in [0.2, 0.25) is 0 Å². The summed E-state index contributed by atoms with van der Waals surface area (Å²) in [7, 11) is 1.70. The second-order valence-electron chi connectivity index (χ2n) is 6.02. The maximum Gasteiger partial charge on any atom is 0.151 e. The van der Waals surface area contributed by atoms with E-state index in [1.807, 2.05) is 12.1 Å². The van der Waals surface area contributed by atoms with Crippen molar-refractivity contribution in [3.63, 3.8) is 0 Å². The summed E-state index contributed by atoms with van der Waals surface area (Å²) in [5.74, 6) is 3.46. The van der Waals surface area contributed by atoms with E-state index >= 15 is 0 Å². The van der Waals surface area contributed by atoms with E-state index in [0.29, 0.717) is 6.42 Å². The van der Waals surface area contributed by atoms with Crippen LogP contribution in [0.3, 0.4) is 0 Å². The highest BCUT2D eigenvalue weighted by Gasteiger charge is 2.34. The largest absolute Gasteiger partial charge is 0.496 e. The van der Waals surface area contributed by atoms with Gasteiger partial charge in [0.05, 0.1) is 7.11 Å². The van der Waals surface area contributed by atoms with E-state index in [1.54, 1.807) is 7.11 Å². The zero-order chi connectivity index (χ0) is 15.9. The van der Waals surface area contributed by atoms with Gasteiger partial charge in [-0.15, -0.1) is 6.42 Å². The molecule has 0 radical (unpaired) electrons. The van der Waals surface area contributed by atoms with Crippen molar-refractivity contribution < 1.29 is 9.84 Å². The van der Waals surface area contributed by atoms with Crippen molar-refractivity contribution >= 4 is 0 Å². The smallest absolute Gasteiger partial charge is 0.151 e. The van der Waals surface area contributed by atoms with E-state index in [-0.39, 0.29) is 0 Å². The van der Waals surface area contributed by atoms with Crippen molar-refractivity contribution in [2.75, 3.05) is 7.11 Å². The van der Waals surface area contributed by atoms with Crippen LogP contribution in [0.15, 0.2) is 30.3 Å². The first-order chi connectivity index (χ1) is 10.5. The number of hydrogen-bond donors (Lipinski definition) is 1. The predicted molar refractivity (Wildman–Crippen MR) is 89.0 cm³/mol. The van der Waals surface area contributed by atoms with Crippen LogP contribution in [0.4, 0.5) is 0 Å². The minimum atomic E-state index is -1.10. The summed E-state index contributed by atoms with van der Waals surface area (Å²) in [5.41, 5.74) is 5.48. The Bertz CT molecular complexity index is 760. The van der Waals surface area contributed by atoms with Crippen LogP contribution in [0.5, 0.6) is 5.75 Å². The Morgan fingerprint density at radius 1 is 1.14 bits per heavy atom. The summed E-state index contributed by atoms with van der Waals surface area (Å²) in [6.45, 7) is 4.11. The number of aliphatic hydroxyl groups is 1. The molecule has 0 heterocycles. The third-order valence-corrected chi connectivity index (χ3v) is 4.54. The Labute approximate surface area is 131 Å². The Balaban J connectivity index is 2.07. The fourth-order valence-corrected chi connectivity index (χ4v) is 3.42. The summed E-state index contributed by atoms with van der Waals surface area (Å²) in [6, 6.07) is 10.4. The van der Waals surface area contributed by atoms with E-state index in [0.717, 1.165) is 45.6 Å². The average Bonchev–Trinajstić information content (AvgIpc) is 2.84. The lowest BCUT2D eigenvalue weighted by Crippen LogP contribution is -2.18. The summed E-state index contributed by atoms with van der Waals surface area (Å²) in [6.07, 6.45) is 6.91. The van der Waals surface area contributed by atoms with Gasteiger partial charge in [0.25, 0.3) is 0 Å². The molecular weight excluding hydrogens is 272 g/mol. The van der Waals surface area contributed by atoms with Crippen molar-refractivity contribution in [2.45, 2.75) is 32.3 Å². The van der Waals surface area contributed by atoms with E-state index < -0.39 is 5.60 Å². The molecule has 0 aromatic heterocycles. The highest BCUT2D eigenvalue weighted by atomic mass is 16.5. The zero-order valence-electron chi connectivity index (χ0n) is 13.2. The third kappa shape index (κ3) is 2.19. The number of hydrogen-bond acceptors (Lipinski definition) is 2. The van der Waals surface area contributed by atoms with Crippen LogP contribution in [-0.2, 0) is 12.0 Å². The molecule has 2 aromatic carbocycles. The van der Waals surface area contributed by atoms with Crippen LogP contribution in [-0.4, -0.2) is 12.2 Å². The second-order valence-corrected chi connectivity index (χ2v) is 6.02. The molecule has 1 unspecified atom stereocenters. The number of ether oxygens (including phenoxy) is 1. The fourth-order valence-electron chi connectivity index (χ4n) is 3.42. The van der Waals surface area contributed by atoms with Gasteiger partial charge in [-0.05, 0) is 72.2 Å². The number of rotatable bonds is 2. The molecule has 1 aliphatic carbocycles. The molecule has 112 valence electrons. The maximum atomic E-state index is 10.4. The summed E-state index contributed by atoms with van der Waals surface area (Å²) in [4.78, 5) is 0. The van der Waals surface area contributed by atoms with Gasteiger partial charge in [-0.3, -0.25) is 0 Å². The molecule has 0 fully saturated rings. The van der Waals surface area contributed by atoms with Gasteiger partial charge in [-0.1, -0.05) is 24.1 Å². The Hall–Kier alpha value is -2.24. The SMILES string of the molecule is C#CC1(O)CCc2cc(-c3cc(C)c(OC)c(C)c3)ccc21. The second kappa shape index (κ2) is 5.19. The molecule has 3 rings (SSSR count). The van der Waals surface area contributed by atoms with Crippen LogP contribution >= 0.6 is 0 Å². The summed E-state index contributed by atoms with van der Waals surface area (Å²) in [5, 5.41) is 10.4. The van der Waals surface area contributed by atoms with Crippen LogP contribution in [0.2, 0.25) is 0 Å². The average molecular weight is 292 g/mol. The van der Waals surface area contributed by atoms with E-state index in [1.165, 1.54) is 0 Å². The number of terminal acetylenes is 1. The van der Waals surface area contributed by atoms with Crippen LogP contribution < -0.4 is 4.74 Å². The predicted octanol–water partition coefficient (Wildman–Crippen LogP) is 3.75. The molecule has 0 bridgehead atoms. The highest BCUT2D eigenvalue weighted by Crippen LogP contribution is 2.39. The van der Waals surface area contributed by atoms with Crippen molar-refractivity contribution in [1.29, 1.82) is 0 Å². The van der Waals surface area contributed by atoms with Gasteiger partial charge in [-0.25, -0.2) is 0 Å². The van der Waals surface area contributed by atoms with Crippen molar-refractivity contribution in [1.82, 2.24) is 0 Å². The number of aryl methyl sites for hydroxylation is 3. The van der Waals surface area contributed by atoms with E-state index in [4.69, 9.17) is 11.2 Å². The Morgan fingerprint density at radius 2 is 1.82 bits per heavy atom. The molecule has 0 aliphatic heterocycles. The molecule has 1 N–H and O–H groups in total. The fraction of sp³-hybridized carbons (Fsp3) is 0.300. The van der Waals surface area contributed by atoms with Crippen molar-refractivity contribution in [3.05, 3.63) is 52.6 Å². The first-order valence-corrected chi connectivity index (χ1v) is 7.47. The molecule has 0 spiro atoms. The van der Waals surface area contributed by atoms with Crippen LogP contribution in [0, 0.1) is 26.2 Å². The van der Waals surface area contributed by atoms with Crippen LogP contribution in [0.1, 0.15) is 28.7 Å². The van der Waals surface area contributed by atoms with Gasteiger partial charge < -0.3 is 9.84 Å². The zero-order valence-corrected chi connectivity index (χ0v) is 13.2. The molecule has 2 aromatic rings. The van der Waals surface area contributed by atoms with E-state index in [9.17, 15) is 5.11 Å². The third-order valence-electron chi connectivity index (χ3n) is 4.54. The van der Waals surface area contributed by atoms with Gasteiger partial charge in [0.15, 0.2) is 5.60 Å². The number of benzene rings is 2. The minimum absolute atomic E-state index is 0.600. The quantitative estimate of drug-likeness (QED) is 0.854. The first-order valence-electron chi connectivity index (χ1n) is 7.47. The highest BCUT2D eigenvalue weighted by molar-refractivity contribution is 5.69.